The topological polar surface area (TPSA) is 81.7 Å². The fourth-order valence-electron chi connectivity index (χ4n) is 3.41. The summed E-state index contributed by atoms with van der Waals surface area (Å²) in [6.07, 6.45) is 1.66. The molecule has 8 heteroatoms. The van der Waals surface area contributed by atoms with Crippen LogP contribution < -0.4 is 21.5 Å². The molecule has 2 aromatic rings. The molecule has 0 unspecified atom stereocenters. The van der Waals surface area contributed by atoms with Crippen molar-refractivity contribution >= 4 is 17.1 Å². The van der Waals surface area contributed by atoms with Crippen molar-refractivity contribution in [3.05, 3.63) is 20.8 Å². The minimum atomic E-state index is -0.283. The van der Waals surface area contributed by atoms with Crippen LogP contribution in [0.15, 0.2) is 9.59 Å². The van der Waals surface area contributed by atoms with Gasteiger partial charge in [0.05, 0.1) is 26.2 Å². The van der Waals surface area contributed by atoms with Gasteiger partial charge in [-0.05, 0) is 12.8 Å². The Labute approximate surface area is 140 Å². The molecule has 0 radical (unpaired) electrons. The van der Waals surface area contributed by atoms with Gasteiger partial charge in [0, 0.05) is 20.1 Å². The van der Waals surface area contributed by atoms with E-state index in [2.05, 4.69) is 17.1 Å². The van der Waals surface area contributed by atoms with Crippen molar-refractivity contribution in [1.29, 1.82) is 0 Å². The summed E-state index contributed by atoms with van der Waals surface area (Å²) >= 11 is 0. The van der Waals surface area contributed by atoms with Gasteiger partial charge in [0.25, 0.3) is 5.56 Å². The summed E-state index contributed by atoms with van der Waals surface area (Å²) in [6, 6.07) is 0. The molecule has 0 saturated carbocycles. The predicted molar refractivity (Wildman–Crippen MR) is 93.7 cm³/mol. The lowest BCUT2D eigenvalue weighted by Gasteiger charge is -2.26. The maximum atomic E-state index is 12.9. The first-order valence-electron chi connectivity index (χ1n) is 8.86. The number of fused-ring (bicyclic) bond motifs is 1. The van der Waals surface area contributed by atoms with Crippen LogP contribution in [0.4, 0.5) is 5.95 Å². The zero-order valence-corrected chi connectivity index (χ0v) is 14.8. The van der Waals surface area contributed by atoms with E-state index in [0.717, 1.165) is 51.5 Å². The Morgan fingerprint density at radius 2 is 1.67 bits per heavy atom. The Bertz CT molecular complexity index is 841. The highest BCUT2D eigenvalue weighted by molar-refractivity contribution is 5.74. The van der Waals surface area contributed by atoms with Crippen molar-refractivity contribution in [3.8, 4) is 0 Å². The number of rotatable bonds is 5. The summed E-state index contributed by atoms with van der Waals surface area (Å²) in [5.41, 5.74) is 0.548. The molecule has 1 aliphatic rings. The molecule has 8 nitrogen and oxygen atoms in total. The van der Waals surface area contributed by atoms with Gasteiger partial charge in [-0.2, -0.15) is 4.98 Å². The number of aromatic nitrogens is 4. The third-order valence-corrected chi connectivity index (χ3v) is 4.60. The first-order valence-corrected chi connectivity index (χ1v) is 8.86. The lowest BCUT2D eigenvalue weighted by Crippen LogP contribution is -2.89. The second-order valence-corrected chi connectivity index (χ2v) is 6.39. The Hall–Kier alpha value is -2.09. The van der Waals surface area contributed by atoms with E-state index in [1.54, 1.807) is 7.05 Å². The summed E-state index contributed by atoms with van der Waals surface area (Å²) in [4.78, 5) is 32.4. The molecular formula is C16H27N6O2+. The van der Waals surface area contributed by atoms with Gasteiger partial charge in [-0.1, -0.05) is 13.8 Å². The summed E-state index contributed by atoms with van der Waals surface area (Å²) in [6.45, 7) is 9.08. The molecule has 0 aliphatic carbocycles. The van der Waals surface area contributed by atoms with Crippen LogP contribution in [-0.2, 0) is 20.1 Å². The number of aryl methyl sites for hydroxylation is 2. The van der Waals surface area contributed by atoms with Gasteiger partial charge in [-0.25, -0.2) is 4.79 Å². The molecule has 2 N–H and O–H groups in total. The Morgan fingerprint density at radius 3 is 2.29 bits per heavy atom. The third-order valence-electron chi connectivity index (χ3n) is 4.60. The minimum Gasteiger partial charge on any atom is -0.343 e. The quantitative estimate of drug-likeness (QED) is 0.768. The van der Waals surface area contributed by atoms with Gasteiger partial charge >= 0.3 is 5.69 Å². The number of piperazine rings is 1. The van der Waals surface area contributed by atoms with E-state index in [4.69, 9.17) is 4.98 Å². The largest absolute Gasteiger partial charge is 0.343 e. The molecule has 1 aliphatic heterocycles. The Kier molecular flexibility index (Phi) is 4.75. The van der Waals surface area contributed by atoms with Crippen molar-refractivity contribution in [2.45, 2.75) is 39.8 Å². The smallest absolute Gasteiger partial charge is 0.332 e. The monoisotopic (exact) mass is 335 g/mol. The van der Waals surface area contributed by atoms with Gasteiger partial charge in [0.1, 0.15) is 0 Å². The van der Waals surface area contributed by atoms with E-state index in [9.17, 15) is 9.59 Å². The molecule has 3 heterocycles. The molecule has 24 heavy (non-hydrogen) atoms. The Balaban J connectivity index is 2.29. The van der Waals surface area contributed by atoms with Crippen molar-refractivity contribution in [3.63, 3.8) is 0 Å². The van der Waals surface area contributed by atoms with Gasteiger partial charge in [-0.15, -0.1) is 0 Å². The molecule has 1 fully saturated rings. The predicted octanol–water partition coefficient (Wildman–Crippen LogP) is -0.900. The third kappa shape index (κ3) is 2.64. The first-order chi connectivity index (χ1) is 11.6. The van der Waals surface area contributed by atoms with Gasteiger partial charge < -0.3 is 14.8 Å². The zero-order valence-electron chi connectivity index (χ0n) is 14.8. The van der Waals surface area contributed by atoms with Crippen LogP contribution >= 0.6 is 0 Å². The van der Waals surface area contributed by atoms with Crippen LogP contribution in [0.1, 0.15) is 26.7 Å². The number of imidazole rings is 1. The highest BCUT2D eigenvalue weighted by atomic mass is 16.2. The highest BCUT2D eigenvalue weighted by Gasteiger charge is 2.24. The highest BCUT2D eigenvalue weighted by Crippen LogP contribution is 2.20. The van der Waals surface area contributed by atoms with Crippen LogP contribution in [0.5, 0.6) is 0 Å². The number of quaternary nitrogens is 1. The van der Waals surface area contributed by atoms with Gasteiger partial charge in [0.2, 0.25) is 5.95 Å². The minimum absolute atomic E-state index is 0.217. The van der Waals surface area contributed by atoms with E-state index in [1.807, 2.05) is 11.5 Å². The summed E-state index contributed by atoms with van der Waals surface area (Å²) in [5, 5.41) is 2.29. The summed E-state index contributed by atoms with van der Waals surface area (Å²) in [7, 11) is 1.70. The van der Waals surface area contributed by atoms with Crippen LogP contribution in [0.3, 0.4) is 0 Å². The number of nitrogens with two attached hydrogens (primary N) is 1. The van der Waals surface area contributed by atoms with Crippen molar-refractivity contribution < 1.29 is 5.32 Å². The van der Waals surface area contributed by atoms with Gasteiger partial charge in [0.15, 0.2) is 11.2 Å². The average Bonchev–Trinajstić information content (AvgIpc) is 2.98. The summed E-state index contributed by atoms with van der Waals surface area (Å²) < 4.78 is 4.86. The maximum Gasteiger partial charge on any atom is 0.332 e. The molecule has 0 bridgehead atoms. The van der Waals surface area contributed by atoms with Crippen molar-refractivity contribution in [2.24, 2.45) is 7.05 Å². The average molecular weight is 335 g/mol. The fourth-order valence-corrected chi connectivity index (χ4v) is 3.41. The second kappa shape index (κ2) is 6.80. The number of anilines is 1. The zero-order chi connectivity index (χ0) is 17.3. The maximum absolute atomic E-state index is 12.9. The van der Waals surface area contributed by atoms with Crippen LogP contribution in [0.2, 0.25) is 0 Å². The van der Waals surface area contributed by atoms with Gasteiger partial charge in [-0.3, -0.25) is 13.9 Å². The number of hydrogen-bond acceptors (Lipinski definition) is 4. The lowest BCUT2D eigenvalue weighted by atomic mass is 10.4. The van der Waals surface area contributed by atoms with E-state index in [0.29, 0.717) is 17.7 Å². The SMILES string of the molecule is CCCn1c(=O)c2c(nc(N3CC[NH2+]CC3)n2CCC)n(C)c1=O. The van der Waals surface area contributed by atoms with Crippen LogP contribution in [-0.4, -0.2) is 44.9 Å². The molecule has 2 aromatic heterocycles. The van der Waals surface area contributed by atoms with Crippen LogP contribution in [0.25, 0.3) is 11.2 Å². The molecule has 1 saturated heterocycles. The summed E-state index contributed by atoms with van der Waals surface area (Å²) in [5.74, 6) is 0.821. The second-order valence-electron chi connectivity index (χ2n) is 6.39. The van der Waals surface area contributed by atoms with E-state index in [-0.39, 0.29) is 11.2 Å². The molecule has 0 atom stereocenters. The van der Waals surface area contributed by atoms with Crippen molar-refractivity contribution in [1.82, 2.24) is 18.7 Å². The number of hydrogen-bond donors (Lipinski definition) is 1. The molecule has 3 rings (SSSR count). The fraction of sp³-hybridized carbons (Fsp3) is 0.688. The lowest BCUT2D eigenvalue weighted by molar-refractivity contribution is -0.655. The normalized spacial score (nSPS) is 15.4. The van der Waals surface area contributed by atoms with E-state index >= 15 is 0 Å². The van der Waals surface area contributed by atoms with E-state index in [1.165, 1.54) is 9.13 Å². The molecule has 0 amide bonds. The molecule has 132 valence electrons. The van der Waals surface area contributed by atoms with E-state index < -0.39 is 0 Å². The Morgan fingerprint density at radius 1 is 1.04 bits per heavy atom. The number of nitrogens with zero attached hydrogens (tertiary/aromatic N) is 5. The van der Waals surface area contributed by atoms with Crippen molar-refractivity contribution in [2.75, 3.05) is 31.1 Å². The molecule has 0 aromatic carbocycles. The van der Waals surface area contributed by atoms with Crippen LogP contribution in [0, 0.1) is 0 Å². The molecular weight excluding hydrogens is 308 g/mol. The standard InChI is InChI=1S/C16H26N6O2/c1-4-8-21-12-13(18-15(21)20-10-6-17-7-11-20)19(3)16(24)22(9-5-2)14(12)23/h17H,4-11H2,1-3H3/p+1. The molecule has 0 spiro atoms. The first kappa shape index (κ1) is 16.8.